The highest BCUT2D eigenvalue weighted by molar-refractivity contribution is 5.95. The number of carbonyl (C=O) groups excluding carboxylic acids is 2. The van der Waals surface area contributed by atoms with Gasteiger partial charge >= 0.3 is 0 Å². The summed E-state index contributed by atoms with van der Waals surface area (Å²) in [4.78, 5) is 27.3. The van der Waals surface area contributed by atoms with Gasteiger partial charge in [-0.25, -0.2) is 4.39 Å². The average Bonchev–Trinajstić information content (AvgIpc) is 3.36. The number of aryl methyl sites for hydroxylation is 1. The number of hydrogen-bond acceptors (Lipinski definition) is 2. The van der Waals surface area contributed by atoms with Gasteiger partial charge in [-0.1, -0.05) is 36.4 Å². The van der Waals surface area contributed by atoms with Crippen molar-refractivity contribution in [2.75, 3.05) is 13.1 Å². The van der Waals surface area contributed by atoms with Crippen LogP contribution in [0.1, 0.15) is 40.2 Å². The molecular formula is C22H23FN2O2. The topological polar surface area (TPSA) is 49.4 Å². The molecule has 2 aromatic rings. The molecule has 1 aliphatic carbocycles. The lowest BCUT2D eigenvalue weighted by atomic mass is 9.86. The van der Waals surface area contributed by atoms with E-state index in [1.165, 1.54) is 12.1 Å². The van der Waals surface area contributed by atoms with Gasteiger partial charge in [-0.3, -0.25) is 9.59 Å². The second-order valence-electron chi connectivity index (χ2n) is 7.54. The summed E-state index contributed by atoms with van der Waals surface area (Å²) in [7, 11) is 0. The molecule has 0 aromatic heterocycles. The maximum atomic E-state index is 14.1. The molecule has 2 atom stereocenters. The Bertz CT molecular complexity index is 878. The lowest BCUT2D eigenvalue weighted by Gasteiger charge is -2.19. The highest BCUT2D eigenvalue weighted by atomic mass is 19.1. The molecule has 0 bridgehead atoms. The van der Waals surface area contributed by atoms with Crippen LogP contribution in [0.4, 0.5) is 4.39 Å². The second-order valence-corrected chi connectivity index (χ2v) is 7.54. The van der Waals surface area contributed by atoms with E-state index in [0.29, 0.717) is 13.1 Å². The number of carbonyl (C=O) groups is 2. The van der Waals surface area contributed by atoms with Gasteiger partial charge in [0.2, 0.25) is 5.91 Å². The van der Waals surface area contributed by atoms with Crippen molar-refractivity contribution in [3.05, 3.63) is 71.0 Å². The third-order valence-electron chi connectivity index (χ3n) is 5.56. The van der Waals surface area contributed by atoms with Crippen molar-refractivity contribution in [1.82, 2.24) is 10.2 Å². The van der Waals surface area contributed by atoms with Gasteiger partial charge in [0.25, 0.3) is 5.91 Å². The van der Waals surface area contributed by atoms with Crippen LogP contribution in [-0.2, 0) is 4.79 Å². The Hall–Kier alpha value is -2.69. The van der Waals surface area contributed by atoms with E-state index in [1.807, 2.05) is 31.2 Å². The molecule has 2 fully saturated rings. The van der Waals surface area contributed by atoms with E-state index in [9.17, 15) is 14.0 Å². The van der Waals surface area contributed by atoms with Crippen LogP contribution >= 0.6 is 0 Å². The van der Waals surface area contributed by atoms with Crippen LogP contribution in [0.2, 0.25) is 0 Å². The molecule has 4 rings (SSSR count). The summed E-state index contributed by atoms with van der Waals surface area (Å²) in [5.41, 5.74) is 2.24. The fraction of sp³-hybridized carbons (Fsp3) is 0.364. The van der Waals surface area contributed by atoms with E-state index in [1.54, 1.807) is 17.0 Å². The zero-order valence-corrected chi connectivity index (χ0v) is 15.3. The van der Waals surface area contributed by atoms with Crippen LogP contribution in [0.3, 0.4) is 0 Å². The summed E-state index contributed by atoms with van der Waals surface area (Å²) in [6, 6.07) is 14.2. The molecule has 1 N–H and O–H groups in total. The number of nitrogens with zero attached hydrogens (tertiary/aromatic N) is 1. The standard InChI is InChI=1S/C22H23FN2O2/c1-14-6-2-3-7-16(14)18-12-25(13-19(18)21(26)24-15-10-11-15)22(27)17-8-4-5-9-20(17)23/h2-9,15,18-19H,10-13H2,1H3,(H,24,26). The normalized spacial score (nSPS) is 21.9. The van der Waals surface area contributed by atoms with Gasteiger partial charge in [-0.05, 0) is 43.0 Å². The molecule has 0 radical (unpaired) electrons. The Kier molecular flexibility index (Phi) is 4.68. The largest absolute Gasteiger partial charge is 0.353 e. The molecule has 5 heteroatoms. The van der Waals surface area contributed by atoms with Crippen LogP contribution < -0.4 is 5.32 Å². The third-order valence-corrected chi connectivity index (χ3v) is 5.56. The highest BCUT2D eigenvalue weighted by Crippen LogP contribution is 2.36. The number of nitrogens with one attached hydrogen (secondary N) is 1. The summed E-state index contributed by atoms with van der Waals surface area (Å²) in [6.07, 6.45) is 2.04. The molecule has 4 nitrogen and oxygen atoms in total. The quantitative estimate of drug-likeness (QED) is 0.903. The van der Waals surface area contributed by atoms with Gasteiger partial charge < -0.3 is 10.2 Å². The molecule has 1 saturated heterocycles. The number of amides is 2. The molecule has 1 saturated carbocycles. The maximum absolute atomic E-state index is 14.1. The highest BCUT2D eigenvalue weighted by Gasteiger charge is 2.42. The van der Waals surface area contributed by atoms with E-state index in [-0.39, 0.29) is 35.3 Å². The van der Waals surface area contributed by atoms with Crippen molar-refractivity contribution < 1.29 is 14.0 Å². The summed E-state index contributed by atoms with van der Waals surface area (Å²) in [5.74, 6) is -1.29. The average molecular weight is 366 g/mol. The first kappa shape index (κ1) is 17.7. The van der Waals surface area contributed by atoms with E-state index in [2.05, 4.69) is 5.32 Å². The minimum atomic E-state index is -0.527. The molecule has 0 spiro atoms. The molecule has 2 amide bonds. The van der Waals surface area contributed by atoms with Gasteiger partial charge in [0, 0.05) is 25.0 Å². The molecule has 2 unspecified atom stereocenters. The third kappa shape index (κ3) is 3.59. The number of likely N-dealkylation sites (tertiary alicyclic amines) is 1. The fourth-order valence-electron chi connectivity index (χ4n) is 3.89. The Morgan fingerprint density at radius 2 is 1.74 bits per heavy atom. The summed E-state index contributed by atoms with van der Waals surface area (Å²) in [6.45, 7) is 2.75. The molecule has 1 heterocycles. The SMILES string of the molecule is Cc1ccccc1C1CN(C(=O)c2ccccc2F)CC1C(=O)NC1CC1. The van der Waals surface area contributed by atoms with Gasteiger partial charge in [0.1, 0.15) is 5.82 Å². The number of rotatable bonds is 4. The molecule has 2 aliphatic rings. The van der Waals surface area contributed by atoms with Gasteiger partial charge in [-0.15, -0.1) is 0 Å². The van der Waals surface area contributed by atoms with Crippen LogP contribution in [-0.4, -0.2) is 35.8 Å². The molecule has 2 aromatic carbocycles. The van der Waals surface area contributed by atoms with Crippen LogP contribution in [0.25, 0.3) is 0 Å². The Morgan fingerprint density at radius 1 is 1.04 bits per heavy atom. The van der Waals surface area contributed by atoms with E-state index in [0.717, 1.165) is 24.0 Å². The van der Waals surface area contributed by atoms with Gasteiger partial charge in [0.05, 0.1) is 11.5 Å². The van der Waals surface area contributed by atoms with Crippen molar-refractivity contribution in [3.8, 4) is 0 Å². The van der Waals surface area contributed by atoms with Crippen LogP contribution in [0.5, 0.6) is 0 Å². The van der Waals surface area contributed by atoms with Crippen molar-refractivity contribution in [1.29, 1.82) is 0 Å². The molecule has 140 valence electrons. The van der Waals surface area contributed by atoms with Crippen LogP contribution in [0, 0.1) is 18.7 Å². The summed E-state index contributed by atoms with van der Waals surface area (Å²) < 4.78 is 14.1. The Morgan fingerprint density at radius 3 is 2.44 bits per heavy atom. The van der Waals surface area contributed by atoms with Crippen molar-refractivity contribution in [2.45, 2.75) is 31.7 Å². The monoisotopic (exact) mass is 366 g/mol. The Balaban J connectivity index is 1.62. The minimum Gasteiger partial charge on any atom is -0.353 e. The van der Waals surface area contributed by atoms with Gasteiger partial charge in [-0.2, -0.15) is 0 Å². The maximum Gasteiger partial charge on any atom is 0.256 e. The first-order valence-electron chi connectivity index (χ1n) is 9.44. The smallest absolute Gasteiger partial charge is 0.256 e. The first-order valence-corrected chi connectivity index (χ1v) is 9.44. The van der Waals surface area contributed by atoms with Crippen molar-refractivity contribution >= 4 is 11.8 Å². The molecule has 1 aliphatic heterocycles. The minimum absolute atomic E-state index is 0.00501. The predicted molar refractivity (Wildman–Crippen MR) is 101 cm³/mol. The number of benzene rings is 2. The lowest BCUT2D eigenvalue weighted by molar-refractivity contribution is -0.125. The van der Waals surface area contributed by atoms with E-state index < -0.39 is 5.82 Å². The zero-order valence-electron chi connectivity index (χ0n) is 15.3. The van der Waals surface area contributed by atoms with Crippen LogP contribution in [0.15, 0.2) is 48.5 Å². The number of hydrogen-bond donors (Lipinski definition) is 1. The first-order chi connectivity index (χ1) is 13.0. The second kappa shape index (κ2) is 7.14. The fourth-order valence-corrected chi connectivity index (χ4v) is 3.89. The van der Waals surface area contributed by atoms with Crippen molar-refractivity contribution in [2.24, 2.45) is 5.92 Å². The van der Waals surface area contributed by atoms with E-state index >= 15 is 0 Å². The lowest BCUT2D eigenvalue weighted by Crippen LogP contribution is -2.36. The van der Waals surface area contributed by atoms with Gasteiger partial charge in [0.15, 0.2) is 0 Å². The Labute approximate surface area is 158 Å². The molecule has 27 heavy (non-hydrogen) atoms. The zero-order chi connectivity index (χ0) is 19.0. The predicted octanol–water partition coefficient (Wildman–Crippen LogP) is 3.27. The van der Waals surface area contributed by atoms with E-state index in [4.69, 9.17) is 0 Å². The summed E-state index contributed by atoms with van der Waals surface area (Å²) >= 11 is 0. The molecular weight excluding hydrogens is 343 g/mol. The number of halogens is 1. The summed E-state index contributed by atoms with van der Waals surface area (Å²) in [5, 5.41) is 3.07. The van der Waals surface area contributed by atoms with Crippen molar-refractivity contribution in [3.63, 3.8) is 0 Å².